The molecule has 0 aliphatic carbocycles. The van der Waals surface area contributed by atoms with Gasteiger partial charge in [0.1, 0.15) is 11.4 Å². The normalized spacial score (nSPS) is 10.6. The molecule has 2 N–H and O–H groups in total. The maximum Gasteiger partial charge on any atom is 0.354 e. The van der Waals surface area contributed by atoms with Crippen LogP contribution in [-0.4, -0.2) is 38.3 Å². The molecule has 2 aromatic heterocycles. The molecule has 0 aliphatic rings. The van der Waals surface area contributed by atoms with Gasteiger partial charge in [0.15, 0.2) is 0 Å². The summed E-state index contributed by atoms with van der Waals surface area (Å²) in [5.41, 5.74) is 3.04. The van der Waals surface area contributed by atoms with Crippen molar-refractivity contribution in [2.75, 3.05) is 6.54 Å². The Morgan fingerprint density at radius 3 is 2.56 bits per heavy atom. The van der Waals surface area contributed by atoms with Crippen LogP contribution in [0.3, 0.4) is 0 Å². The molecule has 0 saturated carbocycles. The van der Waals surface area contributed by atoms with Gasteiger partial charge in [0.25, 0.3) is 5.91 Å². The minimum atomic E-state index is -1.16. The maximum atomic E-state index is 12.1. The number of pyridine rings is 1. The van der Waals surface area contributed by atoms with Crippen molar-refractivity contribution >= 4 is 11.9 Å². The van der Waals surface area contributed by atoms with Crippen molar-refractivity contribution < 1.29 is 14.7 Å². The zero-order valence-electron chi connectivity index (χ0n) is 14.9. The molecule has 3 aromatic rings. The number of hydrogen-bond acceptors (Lipinski definition) is 4. The highest BCUT2D eigenvalue weighted by Crippen LogP contribution is 2.13. The third-order valence-electron chi connectivity index (χ3n) is 4.13. The number of nitrogens with one attached hydrogen (secondary N) is 1. The summed E-state index contributed by atoms with van der Waals surface area (Å²) in [6.07, 6.45) is 3.53. The lowest BCUT2D eigenvalue weighted by atomic mass is 10.1. The van der Waals surface area contributed by atoms with Gasteiger partial charge in [-0.25, -0.2) is 14.5 Å². The number of carbonyl (C=O) groups excluding carboxylic acids is 1. The number of aromatic nitrogens is 3. The minimum absolute atomic E-state index is 0.1000. The van der Waals surface area contributed by atoms with Crippen LogP contribution in [0.25, 0.3) is 5.69 Å². The van der Waals surface area contributed by atoms with E-state index >= 15 is 0 Å². The van der Waals surface area contributed by atoms with Crippen molar-refractivity contribution in [3.05, 3.63) is 77.4 Å². The Balaban J connectivity index is 1.53. The van der Waals surface area contributed by atoms with Gasteiger partial charge in [-0.2, -0.15) is 5.10 Å². The average Bonchev–Trinajstić information content (AvgIpc) is 3.06. The Bertz CT molecular complexity index is 951. The van der Waals surface area contributed by atoms with Crippen molar-refractivity contribution in [1.82, 2.24) is 20.1 Å². The number of carboxylic acids is 1. The molecular weight excluding hydrogens is 344 g/mol. The van der Waals surface area contributed by atoms with Gasteiger partial charge in [0.05, 0.1) is 11.4 Å². The van der Waals surface area contributed by atoms with Crippen molar-refractivity contribution in [3.63, 3.8) is 0 Å². The van der Waals surface area contributed by atoms with Gasteiger partial charge in [0, 0.05) is 12.7 Å². The van der Waals surface area contributed by atoms with Crippen molar-refractivity contribution in [2.45, 2.75) is 19.8 Å². The summed E-state index contributed by atoms with van der Waals surface area (Å²) < 4.78 is 1.85. The van der Waals surface area contributed by atoms with Crippen LogP contribution in [-0.2, 0) is 6.42 Å². The largest absolute Gasteiger partial charge is 0.477 e. The van der Waals surface area contributed by atoms with E-state index < -0.39 is 5.97 Å². The molecule has 27 heavy (non-hydrogen) atoms. The third-order valence-corrected chi connectivity index (χ3v) is 4.13. The van der Waals surface area contributed by atoms with Crippen LogP contribution in [0.5, 0.6) is 0 Å². The zero-order valence-corrected chi connectivity index (χ0v) is 14.9. The molecule has 0 bridgehead atoms. The first-order chi connectivity index (χ1) is 13.0. The van der Waals surface area contributed by atoms with Crippen LogP contribution in [0, 0.1) is 6.92 Å². The molecule has 0 spiro atoms. The first-order valence-corrected chi connectivity index (χ1v) is 8.63. The predicted octanol–water partition coefficient (Wildman–Crippen LogP) is 2.64. The third kappa shape index (κ3) is 4.58. The standard InChI is InChI=1S/C20H20N4O3/c1-14-15(13-24(23-14)16-8-3-2-4-9-16)7-6-12-21-19(25)17-10-5-11-18(22-17)20(26)27/h2-5,8-11,13H,6-7,12H2,1H3,(H,21,25)(H,26,27). The van der Waals surface area contributed by atoms with Gasteiger partial charge in [-0.1, -0.05) is 24.3 Å². The highest BCUT2D eigenvalue weighted by molar-refractivity contribution is 5.94. The van der Waals surface area contributed by atoms with E-state index in [0.717, 1.165) is 29.8 Å². The van der Waals surface area contributed by atoms with E-state index in [-0.39, 0.29) is 17.3 Å². The SMILES string of the molecule is Cc1nn(-c2ccccc2)cc1CCCNC(=O)c1cccc(C(=O)O)n1. The molecule has 0 atom stereocenters. The lowest BCUT2D eigenvalue weighted by Gasteiger charge is -2.05. The first kappa shape index (κ1) is 18.3. The number of carbonyl (C=O) groups is 2. The second kappa shape index (κ2) is 8.27. The van der Waals surface area contributed by atoms with E-state index in [9.17, 15) is 9.59 Å². The Kier molecular flexibility index (Phi) is 5.61. The fourth-order valence-electron chi connectivity index (χ4n) is 2.71. The number of nitrogens with zero attached hydrogens (tertiary/aromatic N) is 3. The summed E-state index contributed by atoms with van der Waals surface area (Å²) in [5, 5.41) is 16.2. The highest BCUT2D eigenvalue weighted by Gasteiger charge is 2.11. The number of aromatic carboxylic acids is 1. The Morgan fingerprint density at radius 1 is 1.07 bits per heavy atom. The van der Waals surface area contributed by atoms with Crippen LogP contribution < -0.4 is 5.32 Å². The molecule has 0 saturated heterocycles. The second-order valence-corrected chi connectivity index (χ2v) is 6.09. The number of para-hydroxylation sites is 1. The van der Waals surface area contributed by atoms with E-state index in [1.54, 1.807) is 0 Å². The molecule has 2 heterocycles. The molecule has 3 rings (SSSR count). The molecular formula is C20H20N4O3. The van der Waals surface area contributed by atoms with Crippen LogP contribution >= 0.6 is 0 Å². The van der Waals surface area contributed by atoms with E-state index in [1.807, 2.05) is 48.1 Å². The van der Waals surface area contributed by atoms with Crippen LogP contribution in [0.1, 0.15) is 38.7 Å². The monoisotopic (exact) mass is 364 g/mol. The van der Waals surface area contributed by atoms with Crippen LogP contribution in [0.2, 0.25) is 0 Å². The topological polar surface area (TPSA) is 97.1 Å². The molecule has 1 aromatic carbocycles. The highest BCUT2D eigenvalue weighted by atomic mass is 16.4. The van der Waals surface area contributed by atoms with E-state index in [1.165, 1.54) is 18.2 Å². The summed E-state index contributed by atoms with van der Waals surface area (Å²) >= 11 is 0. The quantitative estimate of drug-likeness (QED) is 0.628. The lowest BCUT2D eigenvalue weighted by Crippen LogP contribution is -2.26. The Labute approximate surface area is 156 Å². The zero-order chi connectivity index (χ0) is 19.2. The van der Waals surface area contributed by atoms with E-state index in [4.69, 9.17) is 5.11 Å². The van der Waals surface area contributed by atoms with Crippen LogP contribution in [0.4, 0.5) is 0 Å². The second-order valence-electron chi connectivity index (χ2n) is 6.09. The van der Waals surface area contributed by atoms with Gasteiger partial charge in [-0.15, -0.1) is 0 Å². The summed E-state index contributed by atoms with van der Waals surface area (Å²) in [6, 6.07) is 14.2. The molecule has 0 fully saturated rings. The van der Waals surface area contributed by atoms with Crippen molar-refractivity contribution in [2.24, 2.45) is 0 Å². The van der Waals surface area contributed by atoms with Gasteiger partial charge in [-0.05, 0) is 49.6 Å². The van der Waals surface area contributed by atoms with Crippen molar-refractivity contribution in [1.29, 1.82) is 0 Å². The smallest absolute Gasteiger partial charge is 0.354 e. The fourth-order valence-corrected chi connectivity index (χ4v) is 2.71. The molecule has 7 heteroatoms. The lowest BCUT2D eigenvalue weighted by molar-refractivity contribution is 0.0690. The predicted molar refractivity (Wildman–Crippen MR) is 100 cm³/mol. The molecule has 1 amide bonds. The number of amides is 1. The molecule has 0 unspecified atom stereocenters. The summed E-state index contributed by atoms with van der Waals surface area (Å²) in [7, 11) is 0. The summed E-state index contributed by atoms with van der Waals surface area (Å²) in [5.74, 6) is -1.54. The Morgan fingerprint density at radius 2 is 1.81 bits per heavy atom. The van der Waals surface area contributed by atoms with Gasteiger partial charge < -0.3 is 10.4 Å². The maximum absolute atomic E-state index is 12.1. The first-order valence-electron chi connectivity index (χ1n) is 8.63. The minimum Gasteiger partial charge on any atom is -0.477 e. The fraction of sp³-hybridized carbons (Fsp3) is 0.200. The average molecular weight is 364 g/mol. The number of hydrogen-bond donors (Lipinski definition) is 2. The number of rotatable bonds is 7. The van der Waals surface area contributed by atoms with Crippen LogP contribution in [0.15, 0.2) is 54.7 Å². The van der Waals surface area contributed by atoms with Gasteiger partial charge in [-0.3, -0.25) is 4.79 Å². The molecule has 0 aliphatic heterocycles. The van der Waals surface area contributed by atoms with Crippen molar-refractivity contribution in [3.8, 4) is 5.69 Å². The molecule has 138 valence electrons. The Hall–Kier alpha value is -3.48. The summed E-state index contributed by atoms with van der Waals surface area (Å²) in [6.45, 7) is 2.43. The van der Waals surface area contributed by atoms with E-state index in [2.05, 4.69) is 15.4 Å². The molecule has 0 radical (unpaired) electrons. The number of aryl methyl sites for hydroxylation is 2. The van der Waals surface area contributed by atoms with Gasteiger partial charge in [0.2, 0.25) is 0 Å². The molecule has 7 nitrogen and oxygen atoms in total. The number of benzene rings is 1. The number of carboxylic acid groups (broad SMARTS) is 1. The summed E-state index contributed by atoms with van der Waals surface area (Å²) in [4.78, 5) is 26.9. The van der Waals surface area contributed by atoms with Gasteiger partial charge >= 0.3 is 5.97 Å². The van der Waals surface area contributed by atoms with E-state index in [0.29, 0.717) is 6.54 Å².